The van der Waals surface area contributed by atoms with E-state index in [2.05, 4.69) is 25.7 Å². The van der Waals surface area contributed by atoms with E-state index >= 15 is 0 Å². The van der Waals surface area contributed by atoms with Gasteiger partial charge in [0, 0.05) is 35.5 Å². The molecule has 1 aromatic carbocycles. The molecule has 0 radical (unpaired) electrons. The van der Waals surface area contributed by atoms with Crippen molar-refractivity contribution in [1.29, 1.82) is 0 Å². The van der Waals surface area contributed by atoms with Crippen molar-refractivity contribution in [3.8, 4) is 0 Å². The molecule has 2 aromatic heterocycles. The summed E-state index contributed by atoms with van der Waals surface area (Å²) in [6.45, 7) is 0. The Hall–Kier alpha value is -4.28. The van der Waals surface area contributed by atoms with Gasteiger partial charge in [-0.2, -0.15) is 10.3 Å². The summed E-state index contributed by atoms with van der Waals surface area (Å²) in [5, 5.41) is 43.2. The number of benzene rings is 1. The van der Waals surface area contributed by atoms with E-state index in [1.807, 2.05) is 0 Å². The molecule has 6 N–H and O–H groups in total. The number of fused-ring (bicyclic) bond motifs is 1. The van der Waals surface area contributed by atoms with Crippen LogP contribution in [0.25, 0.3) is 0 Å². The number of hydrogen-bond acceptors (Lipinski definition) is 10. The molecule has 1 fully saturated rings. The molecule has 2 aliphatic heterocycles. The van der Waals surface area contributed by atoms with Crippen molar-refractivity contribution < 1.29 is 29.8 Å². The Balaban J connectivity index is 1.58. The number of anilines is 2. The van der Waals surface area contributed by atoms with Gasteiger partial charge in [-0.1, -0.05) is 17.8 Å². The molecule has 0 aliphatic carbocycles. The predicted molar refractivity (Wildman–Crippen MR) is 136 cm³/mol. The number of hydrogen-bond donors (Lipinski definition) is 6. The lowest BCUT2D eigenvalue weighted by Crippen LogP contribution is -2.77. The van der Waals surface area contributed by atoms with Crippen molar-refractivity contribution in [3.05, 3.63) is 76.0 Å². The van der Waals surface area contributed by atoms with Crippen LogP contribution in [0.1, 0.15) is 5.69 Å². The van der Waals surface area contributed by atoms with Gasteiger partial charge in [0.2, 0.25) is 5.54 Å². The van der Waals surface area contributed by atoms with Crippen LogP contribution in [0.2, 0.25) is 0 Å². The highest BCUT2D eigenvalue weighted by atomic mass is 32.2. The standard InChI is InChI=1S/C22H19N7O7S2/c30-14-4-5-23-15(7-14)22(29(36)13-3-1-2-12(6-13)25-21(34)35)19(33)28-17(18(31)32)11(10-38-20(22)28)9-37-16-8-24-27-26-16/h1-8,20,25,36H,9-10H2,(H,23,30)(H,31,32)(H,34,35)(H,24,26,27)/t20-,22+/m0/s1. The van der Waals surface area contributed by atoms with E-state index in [9.17, 15) is 29.5 Å². The van der Waals surface area contributed by atoms with Crippen molar-refractivity contribution in [3.63, 3.8) is 0 Å². The lowest BCUT2D eigenvalue weighted by atomic mass is 9.81. The van der Waals surface area contributed by atoms with Crippen LogP contribution in [0.15, 0.2) is 69.9 Å². The zero-order valence-corrected chi connectivity index (χ0v) is 20.8. The SMILES string of the molecule is O=C(O)Nc1cccc(N(O)[C@]2(c3cc(=O)cc[nH]3)C(=O)N3C(C(=O)O)=C(CSc4cn[nH]n4)CS[C@H]32)c1. The number of aliphatic carboxylic acids is 1. The summed E-state index contributed by atoms with van der Waals surface area (Å²) in [4.78, 5) is 53.6. The van der Waals surface area contributed by atoms with Crippen molar-refractivity contribution >= 4 is 52.9 Å². The van der Waals surface area contributed by atoms with Crippen LogP contribution in [0, 0.1) is 0 Å². The fourth-order valence-corrected chi connectivity index (χ4v) is 6.84. The first-order valence-corrected chi connectivity index (χ1v) is 12.9. The Labute approximate surface area is 221 Å². The van der Waals surface area contributed by atoms with Crippen molar-refractivity contribution in [1.82, 2.24) is 25.3 Å². The number of hydroxylamine groups is 1. The van der Waals surface area contributed by atoms with Crippen molar-refractivity contribution in [2.24, 2.45) is 0 Å². The topological polar surface area (TPSA) is 205 Å². The highest BCUT2D eigenvalue weighted by Crippen LogP contribution is 2.54. The van der Waals surface area contributed by atoms with Gasteiger partial charge in [0.1, 0.15) is 16.1 Å². The molecule has 0 bridgehead atoms. The van der Waals surface area contributed by atoms with Gasteiger partial charge in [0.15, 0.2) is 5.43 Å². The van der Waals surface area contributed by atoms with Crippen LogP contribution >= 0.6 is 23.5 Å². The summed E-state index contributed by atoms with van der Waals surface area (Å²) < 4.78 is 0. The van der Waals surface area contributed by atoms with Crippen LogP contribution < -0.4 is 15.8 Å². The van der Waals surface area contributed by atoms with Gasteiger partial charge < -0.3 is 15.2 Å². The first kappa shape index (κ1) is 25.4. The minimum atomic E-state index is -1.90. The zero-order chi connectivity index (χ0) is 27.0. The number of carboxylic acid groups (broad SMARTS) is 2. The molecule has 196 valence electrons. The molecule has 1 saturated heterocycles. The fourth-order valence-electron chi connectivity index (χ4n) is 4.40. The molecule has 16 heteroatoms. The van der Waals surface area contributed by atoms with Crippen LogP contribution in [0.4, 0.5) is 16.2 Å². The summed E-state index contributed by atoms with van der Waals surface area (Å²) in [5.41, 5.74) is -1.85. The Bertz CT molecular complexity index is 1510. The van der Waals surface area contributed by atoms with E-state index in [1.165, 1.54) is 72.3 Å². The number of nitrogens with one attached hydrogen (secondary N) is 3. The van der Waals surface area contributed by atoms with Gasteiger partial charge in [-0.15, -0.1) is 16.9 Å². The molecule has 38 heavy (non-hydrogen) atoms. The van der Waals surface area contributed by atoms with Crippen molar-refractivity contribution in [2.45, 2.75) is 15.9 Å². The number of aromatic nitrogens is 4. The molecule has 0 spiro atoms. The lowest BCUT2D eigenvalue weighted by molar-refractivity contribution is -0.160. The monoisotopic (exact) mass is 557 g/mol. The first-order chi connectivity index (χ1) is 18.2. The van der Waals surface area contributed by atoms with E-state index in [0.29, 0.717) is 15.7 Å². The van der Waals surface area contributed by atoms with Crippen LogP contribution in [0.3, 0.4) is 0 Å². The molecule has 2 atom stereocenters. The molecule has 2 aliphatic rings. The third-order valence-corrected chi connectivity index (χ3v) is 8.35. The van der Waals surface area contributed by atoms with E-state index in [-0.39, 0.29) is 34.3 Å². The Morgan fingerprint density at radius 2 is 2.08 bits per heavy atom. The molecule has 5 rings (SSSR count). The van der Waals surface area contributed by atoms with Gasteiger partial charge in [-0.3, -0.25) is 25.0 Å². The number of β-lactam (4-membered cyclic amide) rings is 1. The smallest absolute Gasteiger partial charge is 0.409 e. The third kappa shape index (κ3) is 4.17. The first-order valence-electron chi connectivity index (χ1n) is 10.9. The molecule has 4 heterocycles. The third-order valence-electron chi connectivity index (χ3n) is 5.98. The summed E-state index contributed by atoms with van der Waals surface area (Å²) in [7, 11) is 0. The van der Waals surface area contributed by atoms with E-state index in [0.717, 1.165) is 4.90 Å². The Kier molecular flexibility index (Phi) is 6.60. The molecule has 14 nitrogen and oxygen atoms in total. The molecular formula is C22H19N7O7S2. The van der Waals surface area contributed by atoms with Gasteiger partial charge in [-0.25, -0.2) is 14.7 Å². The van der Waals surface area contributed by atoms with Gasteiger partial charge in [0.05, 0.1) is 17.6 Å². The number of pyridine rings is 1. The molecule has 0 unspecified atom stereocenters. The second-order valence-corrected chi connectivity index (χ2v) is 10.3. The molecule has 3 aromatic rings. The quantitative estimate of drug-likeness (QED) is 0.133. The van der Waals surface area contributed by atoms with Gasteiger partial charge in [-0.05, 0) is 23.8 Å². The normalized spacial score (nSPS) is 20.5. The second kappa shape index (κ2) is 9.88. The molecule has 0 saturated carbocycles. The second-order valence-electron chi connectivity index (χ2n) is 8.19. The summed E-state index contributed by atoms with van der Waals surface area (Å²) in [5.74, 6) is -1.64. The summed E-state index contributed by atoms with van der Waals surface area (Å²) >= 11 is 2.47. The van der Waals surface area contributed by atoms with Crippen LogP contribution in [-0.2, 0) is 15.1 Å². The minimum absolute atomic E-state index is 0.0443. The average Bonchev–Trinajstić information content (AvgIpc) is 3.40. The largest absolute Gasteiger partial charge is 0.477 e. The zero-order valence-electron chi connectivity index (χ0n) is 19.2. The lowest BCUT2D eigenvalue weighted by Gasteiger charge is -2.59. The highest BCUT2D eigenvalue weighted by Gasteiger charge is 2.69. The van der Waals surface area contributed by atoms with Crippen LogP contribution in [-0.4, -0.2) is 75.6 Å². The number of thioether (sulfide) groups is 2. The van der Waals surface area contributed by atoms with Crippen LogP contribution in [0.5, 0.6) is 0 Å². The molecular weight excluding hydrogens is 538 g/mol. The van der Waals surface area contributed by atoms with E-state index < -0.39 is 34.3 Å². The summed E-state index contributed by atoms with van der Waals surface area (Å²) in [6.07, 6.45) is 1.50. The minimum Gasteiger partial charge on any atom is -0.477 e. The van der Waals surface area contributed by atoms with Crippen molar-refractivity contribution in [2.75, 3.05) is 21.9 Å². The predicted octanol–water partition coefficient (Wildman–Crippen LogP) is 1.72. The van der Waals surface area contributed by atoms with Gasteiger partial charge >= 0.3 is 12.1 Å². The number of carbonyl (C=O) groups is 3. The Morgan fingerprint density at radius 1 is 1.26 bits per heavy atom. The molecule has 2 amide bonds. The van der Waals surface area contributed by atoms with E-state index in [1.54, 1.807) is 0 Å². The number of carboxylic acids is 1. The fraction of sp³-hybridized carbons (Fsp3) is 0.182. The maximum atomic E-state index is 13.9. The highest BCUT2D eigenvalue weighted by molar-refractivity contribution is 8.01. The number of rotatable bonds is 8. The number of aromatic amines is 2. The van der Waals surface area contributed by atoms with Gasteiger partial charge in [0.25, 0.3) is 5.91 Å². The number of amides is 2. The average molecular weight is 558 g/mol. The number of H-pyrrole nitrogens is 2. The number of carbonyl (C=O) groups excluding carboxylic acids is 1. The summed E-state index contributed by atoms with van der Waals surface area (Å²) in [6, 6.07) is 8.10. The maximum Gasteiger partial charge on any atom is 0.409 e. The van der Waals surface area contributed by atoms with E-state index in [4.69, 9.17) is 5.11 Å². The number of nitrogens with zero attached hydrogens (tertiary/aromatic N) is 4. The maximum absolute atomic E-state index is 13.9. The Morgan fingerprint density at radius 3 is 2.76 bits per heavy atom.